The van der Waals surface area contributed by atoms with Gasteiger partial charge in [0.25, 0.3) is 0 Å². The third-order valence-electron chi connectivity index (χ3n) is 6.25. The van der Waals surface area contributed by atoms with Crippen LogP contribution in [-0.4, -0.2) is 34.0 Å². The Morgan fingerprint density at radius 2 is 1.96 bits per heavy atom. The first-order chi connectivity index (χ1) is 12.7. The van der Waals surface area contributed by atoms with Crippen LogP contribution in [0.15, 0.2) is 24.3 Å². The molecule has 1 aliphatic heterocycles. The highest BCUT2D eigenvalue weighted by atomic mass is 32.1. The average Bonchev–Trinajstić information content (AvgIpc) is 2.96. The molecule has 1 N–H and O–H groups in total. The van der Waals surface area contributed by atoms with Crippen molar-refractivity contribution in [2.24, 2.45) is 13.0 Å². The van der Waals surface area contributed by atoms with E-state index in [1.54, 1.807) is 12.0 Å². The van der Waals surface area contributed by atoms with Crippen LogP contribution in [0.1, 0.15) is 38.5 Å². The smallest absolute Gasteiger partial charge is 0.202 e. The number of quaternary nitrogens is 1. The second-order valence-corrected chi connectivity index (χ2v) is 8.09. The molecule has 0 spiro atoms. The minimum absolute atomic E-state index is 0.788. The van der Waals surface area contributed by atoms with Crippen molar-refractivity contribution < 1.29 is 9.64 Å². The first-order valence-corrected chi connectivity index (χ1v) is 10.2. The van der Waals surface area contributed by atoms with Gasteiger partial charge in [-0.3, -0.25) is 0 Å². The highest BCUT2D eigenvalue weighted by Gasteiger charge is 2.36. The van der Waals surface area contributed by atoms with Crippen LogP contribution in [0.3, 0.4) is 0 Å². The summed E-state index contributed by atoms with van der Waals surface area (Å²) in [4.78, 5) is 1.67. The quantitative estimate of drug-likeness (QED) is 0.838. The first kappa shape index (κ1) is 17.7. The summed E-state index contributed by atoms with van der Waals surface area (Å²) >= 11 is 5.72. The van der Waals surface area contributed by atoms with Gasteiger partial charge in [0.2, 0.25) is 4.77 Å². The predicted octanol–water partition coefficient (Wildman–Crippen LogP) is 2.82. The van der Waals surface area contributed by atoms with Crippen molar-refractivity contribution in [3.8, 4) is 17.1 Å². The molecule has 2 aromatic rings. The molecule has 140 valence electrons. The highest BCUT2D eigenvalue weighted by molar-refractivity contribution is 7.71. The summed E-state index contributed by atoms with van der Waals surface area (Å²) in [5.74, 6) is 2.61. The van der Waals surface area contributed by atoms with Gasteiger partial charge in [-0.15, -0.1) is 5.10 Å². The molecular formula is C20H29N4OS+. The van der Waals surface area contributed by atoms with Crippen LogP contribution in [0, 0.1) is 10.7 Å². The minimum atomic E-state index is 0.788. The Morgan fingerprint density at radius 3 is 2.81 bits per heavy atom. The third-order valence-corrected chi connectivity index (χ3v) is 6.73. The van der Waals surface area contributed by atoms with Crippen LogP contribution in [0.5, 0.6) is 5.75 Å². The molecule has 2 aliphatic rings. The number of rotatable bonds is 4. The summed E-state index contributed by atoms with van der Waals surface area (Å²) < 4.78 is 10.4. The SMILES string of the molecule is COc1ccccc1-c1nn(C[NH+]2CCC[C@H]3CCCC[C@@H]32)c(=S)n1C. The summed E-state index contributed by atoms with van der Waals surface area (Å²) in [6, 6.07) is 8.80. The van der Waals surface area contributed by atoms with E-state index in [-0.39, 0.29) is 0 Å². The molecule has 3 atom stereocenters. The Bertz CT molecular complexity index is 825. The van der Waals surface area contributed by atoms with Gasteiger partial charge in [0.15, 0.2) is 12.5 Å². The number of ether oxygens (including phenoxy) is 1. The number of methoxy groups -OCH3 is 1. The van der Waals surface area contributed by atoms with Gasteiger partial charge in [0.1, 0.15) is 5.75 Å². The average molecular weight is 374 g/mol. The van der Waals surface area contributed by atoms with Crippen molar-refractivity contribution >= 4 is 12.2 Å². The fourth-order valence-electron chi connectivity index (χ4n) is 4.91. The zero-order valence-electron chi connectivity index (χ0n) is 15.8. The molecule has 5 nitrogen and oxygen atoms in total. The molecule has 1 aromatic carbocycles. The molecule has 1 unspecified atom stereocenters. The molecule has 0 amide bonds. The summed E-state index contributed by atoms with van der Waals surface area (Å²) in [6.45, 7) is 2.12. The Morgan fingerprint density at radius 1 is 1.19 bits per heavy atom. The van der Waals surface area contributed by atoms with Crippen LogP contribution in [0.2, 0.25) is 0 Å². The van der Waals surface area contributed by atoms with E-state index in [1.165, 1.54) is 45.1 Å². The number of hydrogen-bond acceptors (Lipinski definition) is 3. The van der Waals surface area contributed by atoms with Crippen LogP contribution in [-0.2, 0) is 13.7 Å². The van der Waals surface area contributed by atoms with E-state index in [0.29, 0.717) is 0 Å². The van der Waals surface area contributed by atoms with Crippen LogP contribution in [0.4, 0.5) is 0 Å². The molecule has 2 fully saturated rings. The normalized spacial score (nSPS) is 25.7. The largest absolute Gasteiger partial charge is 0.496 e. The molecular weight excluding hydrogens is 344 g/mol. The molecule has 6 heteroatoms. The van der Waals surface area contributed by atoms with Gasteiger partial charge in [0.05, 0.1) is 25.3 Å². The van der Waals surface area contributed by atoms with Gasteiger partial charge >= 0.3 is 0 Å². The predicted molar refractivity (Wildman–Crippen MR) is 105 cm³/mol. The van der Waals surface area contributed by atoms with E-state index in [2.05, 4.69) is 0 Å². The Hall–Kier alpha value is -1.66. The van der Waals surface area contributed by atoms with Crippen molar-refractivity contribution in [2.75, 3.05) is 13.7 Å². The lowest BCUT2D eigenvalue weighted by Crippen LogP contribution is -3.17. The molecule has 0 radical (unpaired) electrons. The van der Waals surface area contributed by atoms with E-state index in [9.17, 15) is 0 Å². The van der Waals surface area contributed by atoms with Gasteiger partial charge in [-0.25, -0.2) is 0 Å². The lowest BCUT2D eigenvalue weighted by molar-refractivity contribution is -0.958. The molecule has 26 heavy (non-hydrogen) atoms. The number of para-hydroxylation sites is 1. The van der Waals surface area contributed by atoms with Gasteiger partial charge in [-0.05, 0) is 56.5 Å². The maximum absolute atomic E-state index is 5.72. The molecule has 1 aliphatic carbocycles. The second-order valence-electron chi connectivity index (χ2n) is 7.72. The van der Waals surface area contributed by atoms with Crippen LogP contribution in [0.25, 0.3) is 11.4 Å². The topological polar surface area (TPSA) is 36.4 Å². The maximum Gasteiger partial charge on any atom is 0.202 e. The number of aromatic nitrogens is 3. The monoisotopic (exact) mass is 373 g/mol. The number of nitrogens with one attached hydrogen (secondary N) is 1. The number of nitrogens with zero attached hydrogens (tertiary/aromatic N) is 3. The second kappa shape index (κ2) is 7.53. The highest BCUT2D eigenvalue weighted by Crippen LogP contribution is 2.29. The van der Waals surface area contributed by atoms with Gasteiger partial charge in [0, 0.05) is 13.0 Å². The zero-order valence-corrected chi connectivity index (χ0v) is 16.6. The number of likely N-dealkylation sites (tertiary alicyclic amines) is 1. The van der Waals surface area contributed by atoms with Crippen molar-refractivity contribution in [3.63, 3.8) is 0 Å². The Kier molecular flexibility index (Phi) is 5.14. The van der Waals surface area contributed by atoms with Gasteiger partial charge < -0.3 is 14.2 Å². The summed E-state index contributed by atoms with van der Waals surface area (Å²) in [5.41, 5.74) is 0.992. The molecule has 1 saturated carbocycles. The number of hydrogen-bond donors (Lipinski definition) is 1. The number of piperidine rings is 1. The molecule has 2 heterocycles. The minimum Gasteiger partial charge on any atom is -0.496 e. The third kappa shape index (κ3) is 3.21. The van der Waals surface area contributed by atoms with E-state index >= 15 is 0 Å². The van der Waals surface area contributed by atoms with Crippen LogP contribution < -0.4 is 9.64 Å². The molecule has 1 saturated heterocycles. The van der Waals surface area contributed by atoms with E-state index in [0.717, 1.165) is 40.5 Å². The Labute approximate surface area is 160 Å². The lowest BCUT2D eigenvalue weighted by atomic mass is 9.78. The fourth-order valence-corrected chi connectivity index (χ4v) is 5.10. The number of benzene rings is 1. The van der Waals surface area contributed by atoms with Gasteiger partial charge in [-0.1, -0.05) is 18.6 Å². The molecule has 4 rings (SSSR count). The zero-order chi connectivity index (χ0) is 18.1. The molecule has 0 bridgehead atoms. The van der Waals surface area contributed by atoms with Crippen LogP contribution >= 0.6 is 12.2 Å². The van der Waals surface area contributed by atoms with Crippen molar-refractivity contribution in [2.45, 2.75) is 51.2 Å². The lowest BCUT2D eigenvalue weighted by Gasteiger charge is -2.40. The first-order valence-electron chi connectivity index (χ1n) is 9.81. The Balaban J connectivity index is 1.63. The standard InChI is InChI=1S/C20H28N4OS/c1-22-19(16-10-4-6-12-18(16)25-2)21-24(20(22)26)14-23-13-7-9-15-8-3-5-11-17(15)23/h4,6,10,12,15,17H,3,5,7-9,11,13-14H2,1-2H3/p+1/t15-,17+/m1/s1. The summed E-state index contributed by atoms with van der Waals surface area (Å²) in [6.07, 6.45) is 8.30. The van der Waals surface area contributed by atoms with E-state index in [1.807, 2.05) is 40.6 Å². The van der Waals surface area contributed by atoms with E-state index < -0.39 is 0 Å². The van der Waals surface area contributed by atoms with E-state index in [4.69, 9.17) is 22.1 Å². The summed E-state index contributed by atoms with van der Waals surface area (Å²) in [5, 5.41) is 4.89. The van der Waals surface area contributed by atoms with Crippen molar-refractivity contribution in [1.82, 2.24) is 14.3 Å². The van der Waals surface area contributed by atoms with Gasteiger partial charge in [-0.2, -0.15) is 4.68 Å². The van der Waals surface area contributed by atoms with Crippen molar-refractivity contribution in [1.29, 1.82) is 0 Å². The summed E-state index contributed by atoms with van der Waals surface area (Å²) in [7, 11) is 3.70. The fraction of sp³-hybridized carbons (Fsp3) is 0.600. The molecule has 1 aromatic heterocycles. The van der Waals surface area contributed by atoms with Crippen molar-refractivity contribution in [3.05, 3.63) is 29.0 Å². The maximum atomic E-state index is 5.72. The number of fused-ring (bicyclic) bond motifs is 1.